The van der Waals surface area contributed by atoms with E-state index in [9.17, 15) is 13.2 Å². The van der Waals surface area contributed by atoms with E-state index in [1.165, 1.54) is 12.1 Å². The topological polar surface area (TPSA) is 75.3 Å². The second-order valence-corrected chi connectivity index (χ2v) is 6.61. The number of sulfonamides is 1. The van der Waals surface area contributed by atoms with E-state index in [2.05, 4.69) is 10.0 Å². The van der Waals surface area contributed by atoms with Crippen LogP contribution >= 0.6 is 0 Å². The predicted molar refractivity (Wildman–Crippen MR) is 84.7 cm³/mol. The van der Waals surface area contributed by atoms with Crippen LogP contribution in [0.15, 0.2) is 59.5 Å². The molecule has 22 heavy (non-hydrogen) atoms. The fourth-order valence-electron chi connectivity index (χ4n) is 1.91. The summed E-state index contributed by atoms with van der Waals surface area (Å²) >= 11 is 0. The van der Waals surface area contributed by atoms with Crippen molar-refractivity contribution in [2.45, 2.75) is 18.4 Å². The van der Waals surface area contributed by atoms with E-state index >= 15 is 0 Å². The zero-order valence-electron chi connectivity index (χ0n) is 12.2. The standard InChI is InChI=1S/C16H18N2O3S/c1-13-7-5-6-8-14(13)11-17-16(19)12-18-22(20,21)15-9-3-2-4-10-15/h2-10,18H,11-12H2,1H3,(H,17,19). The van der Waals surface area contributed by atoms with Crippen molar-refractivity contribution in [1.82, 2.24) is 10.0 Å². The molecule has 2 aromatic carbocycles. The van der Waals surface area contributed by atoms with E-state index < -0.39 is 10.0 Å². The van der Waals surface area contributed by atoms with Gasteiger partial charge in [0.25, 0.3) is 0 Å². The second-order valence-electron chi connectivity index (χ2n) is 4.84. The molecule has 0 saturated heterocycles. The number of benzene rings is 2. The fourth-order valence-corrected chi connectivity index (χ4v) is 2.91. The molecule has 0 aliphatic carbocycles. The van der Waals surface area contributed by atoms with Crippen molar-refractivity contribution in [1.29, 1.82) is 0 Å². The molecule has 2 N–H and O–H groups in total. The smallest absolute Gasteiger partial charge is 0.241 e. The first kappa shape index (κ1) is 16.2. The van der Waals surface area contributed by atoms with Gasteiger partial charge >= 0.3 is 0 Å². The molecule has 0 radical (unpaired) electrons. The number of hydrogen-bond acceptors (Lipinski definition) is 3. The molecular formula is C16H18N2O3S. The van der Waals surface area contributed by atoms with Crippen LogP contribution in [0, 0.1) is 6.92 Å². The predicted octanol–water partition coefficient (Wildman–Crippen LogP) is 1.59. The van der Waals surface area contributed by atoms with Gasteiger partial charge in [0.1, 0.15) is 0 Å². The molecule has 5 nitrogen and oxygen atoms in total. The average molecular weight is 318 g/mol. The maximum absolute atomic E-state index is 12.0. The van der Waals surface area contributed by atoms with Gasteiger partial charge in [-0.3, -0.25) is 4.79 Å². The SMILES string of the molecule is Cc1ccccc1CNC(=O)CNS(=O)(=O)c1ccccc1. The van der Waals surface area contributed by atoms with E-state index in [0.717, 1.165) is 11.1 Å². The maximum Gasteiger partial charge on any atom is 0.241 e. The molecule has 2 aromatic rings. The van der Waals surface area contributed by atoms with E-state index in [1.807, 2.05) is 31.2 Å². The van der Waals surface area contributed by atoms with Gasteiger partial charge in [-0.25, -0.2) is 13.1 Å². The molecular weight excluding hydrogens is 300 g/mol. The number of nitrogens with one attached hydrogen (secondary N) is 2. The highest BCUT2D eigenvalue weighted by molar-refractivity contribution is 7.89. The molecule has 0 saturated carbocycles. The number of rotatable bonds is 6. The maximum atomic E-state index is 12.0. The molecule has 0 fully saturated rings. The summed E-state index contributed by atoms with van der Waals surface area (Å²) in [5.41, 5.74) is 2.08. The normalized spacial score (nSPS) is 11.1. The number of amides is 1. The first-order valence-corrected chi connectivity index (χ1v) is 8.33. The Morgan fingerprint density at radius 1 is 1.00 bits per heavy atom. The van der Waals surface area contributed by atoms with Gasteiger partial charge in [0, 0.05) is 6.54 Å². The van der Waals surface area contributed by atoms with E-state index in [4.69, 9.17) is 0 Å². The van der Waals surface area contributed by atoms with Gasteiger partial charge in [-0.15, -0.1) is 0 Å². The second kappa shape index (κ2) is 7.20. The minimum atomic E-state index is -3.66. The van der Waals surface area contributed by atoms with Crippen LogP contribution in [-0.2, 0) is 21.4 Å². The minimum Gasteiger partial charge on any atom is -0.351 e. The number of hydrogen-bond donors (Lipinski definition) is 2. The molecule has 0 spiro atoms. The fraction of sp³-hybridized carbons (Fsp3) is 0.188. The molecule has 0 heterocycles. The summed E-state index contributed by atoms with van der Waals surface area (Å²) in [6, 6.07) is 15.7. The van der Waals surface area contributed by atoms with Crippen molar-refractivity contribution in [2.75, 3.05) is 6.54 Å². The summed E-state index contributed by atoms with van der Waals surface area (Å²) in [4.78, 5) is 11.9. The Hall–Kier alpha value is -2.18. The van der Waals surface area contributed by atoms with Crippen LogP contribution in [0.1, 0.15) is 11.1 Å². The van der Waals surface area contributed by atoms with Crippen molar-refractivity contribution in [3.8, 4) is 0 Å². The molecule has 0 aromatic heterocycles. The lowest BCUT2D eigenvalue weighted by molar-refractivity contribution is -0.120. The van der Waals surface area contributed by atoms with Crippen molar-refractivity contribution >= 4 is 15.9 Å². The van der Waals surface area contributed by atoms with Crippen LogP contribution in [0.25, 0.3) is 0 Å². The lowest BCUT2D eigenvalue weighted by Crippen LogP contribution is -2.36. The van der Waals surface area contributed by atoms with Crippen molar-refractivity contribution in [2.24, 2.45) is 0 Å². The Kier molecular flexibility index (Phi) is 5.30. The van der Waals surface area contributed by atoms with Gasteiger partial charge in [-0.1, -0.05) is 42.5 Å². The summed E-state index contributed by atoms with van der Waals surface area (Å²) in [6.45, 7) is 2.04. The van der Waals surface area contributed by atoms with Crippen LogP contribution in [0.2, 0.25) is 0 Å². The third-order valence-corrected chi connectivity index (χ3v) is 4.63. The quantitative estimate of drug-likeness (QED) is 0.849. The minimum absolute atomic E-state index is 0.140. The molecule has 0 bridgehead atoms. The zero-order valence-corrected chi connectivity index (χ0v) is 13.1. The highest BCUT2D eigenvalue weighted by Gasteiger charge is 2.14. The summed E-state index contributed by atoms with van der Waals surface area (Å²) in [5, 5.41) is 2.70. The highest BCUT2D eigenvalue weighted by atomic mass is 32.2. The Labute approximate surface area is 130 Å². The summed E-state index contributed by atoms with van der Waals surface area (Å²) < 4.78 is 26.2. The lowest BCUT2D eigenvalue weighted by Gasteiger charge is -2.09. The Morgan fingerprint density at radius 2 is 1.64 bits per heavy atom. The van der Waals surface area contributed by atoms with E-state index in [0.29, 0.717) is 6.54 Å². The molecule has 0 aliphatic rings. The van der Waals surface area contributed by atoms with E-state index in [-0.39, 0.29) is 17.3 Å². The van der Waals surface area contributed by atoms with Crippen LogP contribution in [0.4, 0.5) is 0 Å². The van der Waals surface area contributed by atoms with Gasteiger partial charge in [0.2, 0.25) is 15.9 Å². The zero-order chi connectivity index (χ0) is 16.0. The first-order chi connectivity index (χ1) is 10.5. The van der Waals surface area contributed by atoms with Crippen molar-refractivity contribution in [3.05, 3.63) is 65.7 Å². The van der Waals surface area contributed by atoms with Crippen LogP contribution in [0.3, 0.4) is 0 Å². The van der Waals surface area contributed by atoms with Crippen LogP contribution in [-0.4, -0.2) is 20.9 Å². The summed E-state index contributed by atoms with van der Waals surface area (Å²) in [5.74, 6) is -0.372. The Bertz CT molecular complexity index is 743. The van der Waals surface area contributed by atoms with E-state index in [1.54, 1.807) is 18.2 Å². The molecule has 2 rings (SSSR count). The van der Waals surface area contributed by atoms with Gasteiger partial charge in [0.15, 0.2) is 0 Å². The lowest BCUT2D eigenvalue weighted by atomic mass is 10.1. The van der Waals surface area contributed by atoms with Gasteiger partial charge in [-0.2, -0.15) is 0 Å². The van der Waals surface area contributed by atoms with Gasteiger partial charge < -0.3 is 5.32 Å². The molecule has 0 atom stereocenters. The number of carbonyl (C=O) groups excluding carboxylic acids is 1. The number of aryl methyl sites for hydroxylation is 1. The largest absolute Gasteiger partial charge is 0.351 e. The van der Waals surface area contributed by atoms with Crippen LogP contribution in [0.5, 0.6) is 0 Å². The third kappa shape index (κ3) is 4.41. The Morgan fingerprint density at radius 3 is 2.32 bits per heavy atom. The average Bonchev–Trinajstić information content (AvgIpc) is 2.53. The van der Waals surface area contributed by atoms with Crippen LogP contribution < -0.4 is 10.0 Å². The van der Waals surface area contributed by atoms with Crippen molar-refractivity contribution < 1.29 is 13.2 Å². The van der Waals surface area contributed by atoms with Gasteiger partial charge in [-0.05, 0) is 30.2 Å². The first-order valence-electron chi connectivity index (χ1n) is 6.85. The number of carbonyl (C=O) groups is 1. The third-order valence-electron chi connectivity index (χ3n) is 3.21. The molecule has 1 amide bonds. The monoisotopic (exact) mass is 318 g/mol. The van der Waals surface area contributed by atoms with Gasteiger partial charge in [0.05, 0.1) is 11.4 Å². The molecule has 0 aliphatic heterocycles. The molecule has 6 heteroatoms. The summed E-state index contributed by atoms with van der Waals surface area (Å²) in [7, 11) is -3.66. The summed E-state index contributed by atoms with van der Waals surface area (Å²) in [6.07, 6.45) is 0. The van der Waals surface area contributed by atoms with Crippen molar-refractivity contribution in [3.63, 3.8) is 0 Å². The molecule has 116 valence electrons. The Balaban J connectivity index is 1.87. The highest BCUT2D eigenvalue weighted by Crippen LogP contribution is 2.07. The molecule has 0 unspecified atom stereocenters.